The molecule has 4 heteroatoms. The van der Waals surface area contributed by atoms with Gasteiger partial charge < -0.3 is 4.74 Å². The van der Waals surface area contributed by atoms with E-state index in [1.54, 1.807) is 7.11 Å². The Kier molecular flexibility index (Phi) is 7.18. The molecule has 1 aromatic heterocycles. The van der Waals surface area contributed by atoms with Crippen molar-refractivity contribution in [1.29, 1.82) is 0 Å². The van der Waals surface area contributed by atoms with Crippen LogP contribution < -0.4 is 0 Å². The van der Waals surface area contributed by atoms with Crippen LogP contribution in [0, 0.1) is 13.8 Å². The zero-order valence-corrected chi connectivity index (χ0v) is 17.1. The molecule has 4 nitrogen and oxygen atoms in total. The Balaban J connectivity index is 2.13. The van der Waals surface area contributed by atoms with Gasteiger partial charge in [0, 0.05) is 38.0 Å². The highest BCUT2D eigenvalue weighted by molar-refractivity contribution is 5.48. The highest BCUT2D eigenvalue weighted by atomic mass is 16.5. The van der Waals surface area contributed by atoms with Gasteiger partial charge in [0.25, 0.3) is 0 Å². The molecule has 1 aromatic carbocycles. The predicted octanol–water partition coefficient (Wildman–Crippen LogP) is 4.42. The average Bonchev–Trinajstić information content (AvgIpc) is 2.88. The fraction of sp³-hybridized carbons (Fsp3) is 0.500. The van der Waals surface area contributed by atoms with Crippen LogP contribution in [0.4, 0.5) is 0 Å². The molecular formula is C22H33N3O. The van der Waals surface area contributed by atoms with Crippen molar-refractivity contribution < 1.29 is 4.74 Å². The van der Waals surface area contributed by atoms with Gasteiger partial charge in [0.1, 0.15) is 0 Å². The molecule has 0 saturated carbocycles. The topological polar surface area (TPSA) is 30.3 Å². The fourth-order valence-corrected chi connectivity index (χ4v) is 3.14. The molecule has 0 aliphatic rings. The summed E-state index contributed by atoms with van der Waals surface area (Å²) < 4.78 is 7.45. The zero-order valence-electron chi connectivity index (χ0n) is 17.1. The second-order valence-electron chi connectivity index (χ2n) is 7.77. The van der Waals surface area contributed by atoms with Crippen LogP contribution in [0.15, 0.2) is 36.4 Å². The van der Waals surface area contributed by atoms with E-state index in [9.17, 15) is 0 Å². The van der Waals surface area contributed by atoms with Crippen molar-refractivity contribution in [3.8, 4) is 0 Å². The summed E-state index contributed by atoms with van der Waals surface area (Å²) in [6, 6.07) is 10.4. The van der Waals surface area contributed by atoms with Crippen LogP contribution >= 0.6 is 0 Å². The van der Waals surface area contributed by atoms with Gasteiger partial charge in [0.05, 0.1) is 17.8 Å². The minimum atomic E-state index is -0.00232. The summed E-state index contributed by atoms with van der Waals surface area (Å²) in [5.74, 6) is 0. The lowest BCUT2D eigenvalue weighted by atomic mass is 10.1. The molecule has 0 N–H and O–H groups in total. The maximum Gasteiger partial charge on any atom is 0.0641 e. The molecule has 1 heterocycles. The first-order valence-corrected chi connectivity index (χ1v) is 9.31. The van der Waals surface area contributed by atoms with Crippen LogP contribution in [0.5, 0.6) is 0 Å². The molecular weight excluding hydrogens is 322 g/mol. The van der Waals surface area contributed by atoms with E-state index in [2.05, 4.69) is 80.6 Å². The van der Waals surface area contributed by atoms with Gasteiger partial charge in [-0.05, 0) is 40.2 Å². The molecule has 0 saturated heterocycles. The number of nitrogens with zero attached hydrogens (tertiary/aromatic N) is 3. The highest BCUT2D eigenvalue weighted by Gasteiger charge is 2.21. The minimum Gasteiger partial charge on any atom is -0.383 e. The summed E-state index contributed by atoms with van der Waals surface area (Å²) in [6.07, 6.45) is 4.40. The molecule has 26 heavy (non-hydrogen) atoms. The summed E-state index contributed by atoms with van der Waals surface area (Å²) in [6.45, 7) is 14.3. The Bertz CT molecular complexity index is 711. The molecule has 0 aliphatic heterocycles. The zero-order chi connectivity index (χ0) is 19.2. The number of ether oxygens (including phenoxy) is 1. The first-order chi connectivity index (χ1) is 12.3. The number of benzene rings is 1. The number of rotatable bonds is 8. The smallest absolute Gasteiger partial charge is 0.0641 e. The van der Waals surface area contributed by atoms with E-state index in [0.717, 1.165) is 31.9 Å². The van der Waals surface area contributed by atoms with Crippen molar-refractivity contribution in [2.45, 2.75) is 46.7 Å². The normalized spacial score (nSPS) is 12.4. The maximum absolute atomic E-state index is 5.31. The van der Waals surface area contributed by atoms with Crippen molar-refractivity contribution in [3.63, 3.8) is 0 Å². The van der Waals surface area contributed by atoms with Gasteiger partial charge in [-0.15, -0.1) is 0 Å². The van der Waals surface area contributed by atoms with Crippen LogP contribution in [0.25, 0.3) is 6.08 Å². The molecule has 0 unspecified atom stereocenters. The van der Waals surface area contributed by atoms with Gasteiger partial charge in [-0.3, -0.25) is 9.58 Å². The molecule has 0 atom stereocenters. The standard InChI is InChI=1S/C22H33N3O/c1-18-21(19(2)25(23-18)22(3,4)5)17-24(15-16-26-6)14-10-13-20-11-8-7-9-12-20/h7-13H,14-17H2,1-6H3. The Hall–Kier alpha value is -1.91. The number of hydrogen-bond donors (Lipinski definition) is 0. The largest absolute Gasteiger partial charge is 0.383 e. The second-order valence-corrected chi connectivity index (χ2v) is 7.77. The molecule has 142 valence electrons. The van der Waals surface area contributed by atoms with Crippen LogP contribution in [0.1, 0.15) is 43.3 Å². The summed E-state index contributed by atoms with van der Waals surface area (Å²) in [5, 5.41) is 4.78. The van der Waals surface area contributed by atoms with E-state index in [-0.39, 0.29) is 5.54 Å². The van der Waals surface area contributed by atoms with Gasteiger partial charge in [-0.2, -0.15) is 5.10 Å². The Labute approximate surface area is 158 Å². The first kappa shape index (κ1) is 20.4. The third kappa shape index (κ3) is 5.55. The third-order valence-electron chi connectivity index (χ3n) is 4.54. The van der Waals surface area contributed by atoms with Crippen LogP contribution in [-0.2, 0) is 16.8 Å². The van der Waals surface area contributed by atoms with E-state index in [1.807, 2.05) is 6.07 Å². The molecule has 2 rings (SSSR count). The van der Waals surface area contributed by atoms with Crippen LogP contribution in [0.2, 0.25) is 0 Å². The van der Waals surface area contributed by atoms with Crippen LogP contribution in [-0.4, -0.2) is 41.5 Å². The number of aryl methyl sites for hydroxylation is 1. The van der Waals surface area contributed by atoms with Gasteiger partial charge in [-0.1, -0.05) is 42.5 Å². The lowest BCUT2D eigenvalue weighted by molar-refractivity contribution is 0.151. The average molecular weight is 356 g/mol. The van der Waals surface area contributed by atoms with E-state index >= 15 is 0 Å². The van der Waals surface area contributed by atoms with Crippen molar-refractivity contribution >= 4 is 6.08 Å². The van der Waals surface area contributed by atoms with E-state index in [1.165, 1.54) is 16.8 Å². The number of aromatic nitrogens is 2. The summed E-state index contributed by atoms with van der Waals surface area (Å²) in [7, 11) is 1.76. The quantitative estimate of drug-likeness (QED) is 0.702. The highest BCUT2D eigenvalue weighted by Crippen LogP contribution is 2.22. The maximum atomic E-state index is 5.31. The molecule has 0 bridgehead atoms. The van der Waals surface area contributed by atoms with Crippen LogP contribution in [0.3, 0.4) is 0 Å². The third-order valence-corrected chi connectivity index (χ3v) is 4.54. The first-order valence-electron chi connectivity index (χ1n) is 9.31. The number of methoxy groups -OCH3 is 1. The van der Waals surface area contributed by atoms with Gasteiger partial charge >= 0.3 is 0 Å². The second kappa shape index (κ2) is 9.15. The molecule has 0 radical (unpaired) electrons. The molecule has 0 aliphatic carbocycles. The fourth-order valence-electron chi connectivity index (χ4n) is 3.14. The SMILES string of the molecule is COCCN(CC=Cc1ccccc1)Cc1c(C)nn(C(C)(C)C)c1C. The van der Waals surface area contributed by atoms with E-state index in [0.29, 0.717) is 0 Å². The van der Waals surface area contributed by atoms with Gasteiger partial charge in [0.15, 0.2) is 0 Å². The lowest BCUT2D eigenvalue weighted by Gasteiger charge is -2.23. The Morgan fingerprint density at radius 1 is 1.15 bits per heavy atom. The summed E-state index contributed by atoms with van der Waals surface area (Å²) in [5.41, 5.74) is 4.92. The summed E-state index contributed by atoms with van der Waals surface area (Å²) in [4.78, 5) is 2.41. The Morgan fingerprint density at radius 2 is 1.85 bits per heavy atom. The Morgan fingerprint density at radius 3 is 2.42 bits per heavy atom. The van der Waals surface area contributed by atoms with Crippen molar-refractivity contribution in [1.82, 2.24) is 14.7 Å². The van der Waals surface area contributed by atoms with Crippen molar-refractivity contribution in [3.05, 3.63) is 58.9 Å². The van der Waals surface area contributed by atoms with E-state index in [4.69, 9.17) is 9.84 Å². The predicted molar refractivity (Wildman–Crippen MR) is 109 cm³/mol. The van der Waals surface area contributed by atoms with Gasteiger partial charge in [0.2, 0.25) is 0 Å². The molecule has 0 spiro atoms. The van der Waals surface area contributed by atoms with Crippen molar-refractivity contribution in [2.24, 2.45) is 0 Å². The molecule has 0 fully saturated rings. The summed E-state index contributed by atoms with van der Waals surface area (Å²) >= 11 is 0. The minimum absolute atomic E-state index is 0.00232. The van der Waals surface area contributed by atoms with Crippen molar-refractivity contribution in [2.75, 3.05) is 26.8 Å². The lowest BCUT2D eigenvalue weighted by Crippen LogP contribution is -2.28. The monoisotopic (exact) mass is 355 g/mol. The molecule has 0 amide bonds. The molecule has 2 aromatic rings. The van der Waals surface area contributed by atoms with Gasteiger partial charge in [-0.25, -0.2) is 0 Å². The van der Waals surface area contributed by atoms with E-state index < -0.39 is 0 Å². The number of hydrogen-bond acceptors (Lipinski definition) is 3.